The molecule has 1 atom stereocenters. The molecule has 0 aliphatic carbocycles. The molecule has 1 aromatic heterocycles. The molecule has 1 heterocycles. The van der Waals surface area contributed by atoms with E-state index in [9.17, 15) is 0 Å². The van der Waals surface area contributed by atoms with Crippen LogP contribution < -0.4 is 5.73 Å². The van der Waals surface area contributed by atoms with Crippen LogP contribution >= 0.6 is 27.3 Å². The number of hydrogen-bond donors (Lipinski definition) is 1. The lowest BCUT2D eigenvalue weighted by atomic mass is 10.0. The van der Waals surface area contributed by atoms with Gasteiger partial charge in [-0.15, -0.1) is 11.3 Å². The van der Waals surface area contributed by atoms with Gasteiger partial charge in [-0.2, -0.15) is 0 Å². The van der Waals surface area contributed by atoms with Crippen LogP contribution in [0.15, 0.2) is 9.85 Å². The summed E-state index contributed by atoms with van der Waals surface area (Å²) in [6, 6.07) is 2.35. The van der Waals surface area contributed by atoms with Crippen LogP contribution in [0.25, 0.3) is 0 Å². The van der Waals surface area contributed by atoms with E-state index < -0.39 is 0 Å². The molecular weight excluding hydrogens is 234 g/mol. The summed E-state index contributed by atoms with van der Waals surface area (Å²) in [4.78, 5) is 1.27. The van der Waals surface area contributed by atoms with E-state index >= 15 is 0 Å². The summed E-state index contributed by atoms with van der Waals surface area (Å²) in [6.45, 7) is 6.39. The van der Waals surface area contributed by atoms with Crippen molar-refractivity contribution in [1.29, 1.82) is 0 Å². The van der Waals surface area contributed by atoms with E-state index in [1.807, 2.05) is 0 Å². The highest BCUT2D eigenvalue weighted by Crippen LogP contribution is 2.32. The van der Waals surface area contributed by atoms with E-state index in [2.05, 4.69) is 42.8 Å². The van der Waals surface area contributed by atoms with Crippen LogP contribution in [-0.4, -0.2) is 0 Å². The van der Waals surface area contributed by atoms with E-state index in [4.69, 9.17) is 5.73 Å². The van der Waals surface area contributed by atoms with Crippen LogP contribution in [-0.2, 0) is 0 Å². The van der Waals surface area contributed by atoms with Gasteiger partial charge in [0.05, 0.1) is 3.79 Å². The zero-order valence-electron chi connectivity index (χ0n) is 7.60. The highest BCUT2D eigenvalue weighted by Gasteiger charge is 2.13. The first-order valence-electron chi connectivity index (χ1n) is 4.03. The predicted octanol–water partition coefficient (Wildman–Crippen LogP) is 3.47. The molecule has 0 radical (unpaired) electrons. The maximum atomic E-state index is 6.01. The van der Waals surface area contributed by atoms with Gasteiger partial charge >= 0.3 is 0 Å². The second kappa shape index (κ2) is 3.90. The van der Waals surface area contributed by atoms with Crippen molar-refractivity contribution >= 4 is 27.3 Å². The van der Waals surface area contributed by atoms with Crippen molar-refractivity contribution in [2.24, 2.45) is 11.7 Å². The Balaban J connectivity index is 2.89. The molecule has 1 aromatic rings. The first kappa shape index (κ1) is 10.2. The molecule has 2 N–H and O–H groups in total. The number of aryl methyl sites for hydroxylation is 1. The minimum absolute atomic E-state index is 0.181. The van der Waals surface area contributed by atoms with Crippen molar-refractivity contribution in [3.8, 4) is 0 Å². The maximum absolute atomic E-state index is 6.01. The average Bonchev–Trinajstić information content (AvgIpc) is 2.30. The number of nitrogens with two attached hydrogens (primary N) is 1. The lowest BCUT2D eigenvalue weighted by Crippen LogP contribution is -2.14. The molecule has 68 valence electrons. The Morgan fingerprint density at radius 2 is 2.08 bits per heavy atom. The van der Waals surface area contributed by atoms with E-state index in [0.29, 0.717) is 5.92 Å². The van der Waals surface area contributed by atoms with Crippen LogP contribution in [0.5, 0.6) is 0 Å². The Hall–Kier alpha value is 0.140. The molecule has 0 fully saturated rings. The Bertz CT molecular complexity index is 248. The molecule has 0 bridgehead atoms. The Morgan fingerprint density at radius 1 is 1.50 bits per heavy atom. The van der Waals surface area contributed by atoms with E-state index in [0.717, 1.165) is 0 Å². The Morgan fingerprint density at radius 3 is 2.42 bits per heavy atom. The first-order chi connectivity index (χ1) is 5.52. The van der Waals surface area contributed by atoms with Crippen molar-refractivity contribution in [1.82, 2.24) is 0 Å². The molecule has 0 amide bonds. The van der Waals surface area contributed by atoms with Crippen molar-refractivity contribution in [2.75, 3.05) is 0 Å². The highest BCUT2D eigenvalue weighted by molar-refractivity contribution is 9.11. The molecular formula is C9H14BrNS. The fraction of sp³-hybridized carbons (Fsp3) is 0.556. The maximum Gasteiger partial charge on any atom is 0.0731 e. The van der Waals surface area contributed by atoms with Crippen LogP contribution in [0.3, 0.4) is 0 Å². The van der Waals surface area contributed by atoms with Gasteiger partial charge in [0.1, 0.15) is 0 Å². The fourth-order valence-electron chi connectivity index (χ4n) is 0.976. The molecule has 1 nitrogen and oxygen atoms in total. The van der Waals surface area contributed by atoms with Crippen LogP contribution in [0.2, 0.25) is 0 Å². The molecule has 1 unspecified atom stereocenters. The minimum atomic E-state index is 0.181. The van der Waals surface area contributed by atoms with Crippen molar-refractivity contribution in [2.45, 2.75) is 26.8 Å². The largest absolute Gasteiger partial charge is 0.323 e. The summed E-state index contributed by atoms with van der Waals surface area (Å²) in [7, 11) is 0. The summed E-state index contributed by atoms with van der Waals surface area (Å²) in [5.74, 6) is 0.509. The van der Waals surface area contributed by atoms with Gasteiger partial charge in [0.2, 0.25) is 0 Å². The molecule has 12 heavy (non-hydrogen) atoms. The molecule has 3 heteroatoms. The fourth-order valence-corrected chi connectivity index (χ4v) is 2.72. The van der Waals surface area contributed by atoms with Crippen molar-refractivity contribution in [3.05, 3.63) is 20.3 Å². The Kier molecular flexibility index (Phi) is 3.32. The third-order valence-corrected chi connectivity index (χ3v) is 4.16. The van der Waals surface area contributed by atoms with Gasteiger partial charge in [0.15, 0.2) is 0 Å². The second-order valence-corrected chi connectivity index (χ2v) is 5.78. The normalized spacial score (nSPS) is 13.8. The topological polar surface area (TPSA) is 26.0 Å². The summed E-state index contributed by atoms with van der Waals surface area (Å²) in [6.07, 6.45) is 0. The predicted molar refractivity (Wildman–Crippen MR) is 58.5 cm³/mol. The van der Waals surface area contributed by atoms with Gasteiger partial charge in [-0.05, 0) is 40.4 Å². The summed E-state index contributed by atoms with van der Waals surface area (Å²) >= 11 is 5.24. The van der Waals surface area contributed by atoms with Gasteiger partial charge in [0.25, 0.3) is 0 Å². The molecule has 0 saturated heterocycles. The van der Waals surface area contributed by atoms with E-state index in [1.165, 1.54) is 14.2 Å². The molecule has 0 aromatic carbocycles. The quantitative estimate of drug-likeness (QED) is 0.852. The SMILES string of the molecule is Cc1cc(C(N)C(C)C)sc1Br. The minimum Gasteiger partial charge on any atom is -0.323 e. The summed E-state index contributed by atoms with van der Waals surface area (Å²) in [5.41, 5.74) is 7.29. The van der Waals surface area contributed by atoms with E-state index in [1.54, 1.807) is 11.3 Å². The third-order valence-electron chi connectivity index (χ3n) is 1.92. The standard InChI is InChI=1S/C9H14BrNS/c1-5(2)8(11)7-4-6(3)9(10)12-7/h4-5,8H,11H2,1-3H3. The lowest BCUT2D eigenvalue weighted by molar-refractivity contribution is 0.521. The molecule has 0 aliphatic heterocycles. The smallest absolute Gasteiger partial charge is 0.0731 e. The second-order valence-electron chi connectivity index (χ2n) is 3.38. The molecule has 1 rings (SSSR count). The Labute approximate surface area is 86.1 Å². The number of thiophene rings is 1. The highest BCUT2D eigenvalue weighted by atomic mass is 79.9. The van der Waals surface area contributed by atoms with Gasteiger partial charge in [-0.25, -0.2) is 0 Å². The van der Waals surface area contributed by atoms with Crippen molar-refractivity contribution < 1.29 is 0 Å². The number of rotatable bonds is 2. The lowest BCUT2D eigenvalue weighted by Gasteiger charge is -2.12. The first-order valence-corrected chi connectivity index (χ1v) is 5.64. The van der Waals surface area contributed by atoms with E-state index in [-0.39, 0.29) is 6.04 Å². The number of halogens is 1. The molecule has 0 saturated carbocycles. The van der Waals surface area contributed by atoms with Crippen molar-refractivity contribution in [3.63, 3.8) is 0 Å². The van der Waals surface area contributed by atoms with Gasteiger partial charge < -0.3 is 5.73 Å². The van der Waals surface area contributed by atoms with Crippen LogP contribution in [0.1, 0.15) is 30.3 Å². The van der Waals surface area contributed by atoms with Gasteiger partial charge in [0, 0.05) is 10.9 Å². The summed E-state index contributed by atoms with van der Waals surface area (Å²) in [5, 5.41) is 0. The van der Waals surface area contributed by atoms with Gasteiger partial charge in [-0.1, -0.05) is 13.8 Å². The molecule has 0 spiro atoms. The monoisotopic (exact) mass is 247 g/mol. The summed E-state index contributed by atoms with van der Waals surface area (Å²) < 4.78 is 1.20. The third kappa shape index (κ3) is 2.09. The van der Waals surface area contributed by atoms with Gasteiger partial charge in [-0.3, -0.25) is 0 Å². The van der Waals surface area contributed by atoms with Crippen LogP contribution in [0, 0.1) is 12.8 Å². The number of hydrogen-bond acceptors (Lipinski definition) is 2. The average molecular weight is 248 g/mol. The molecule has 0 aliphatic rings. The zero-order chi connectivity index (χ0) is 9.30. The van der Waals surface area contributed by atoms with Crippen LogP contribution in [0.4, 0.5) is 0 Å². The zero-order valence-corrected chi connectivity index (χ0v) is 10.00.